The lowest BCUT2D eigenvalue weighted by atomic mass is 9.98. The van der Waals surface area contributed by atoms with Gasteiger partial charge in [-0.3, -0.25) is 9.97 Å². The molecular formula is C20H22N6. The van der Waals surface area contributed by atoms with Crippen LogP contribution in [-0.4, -0.2) is 39.6 Å². The molecule has 1 aliphatic heterocycles. The maximum absolute atomic E-state index is 4.73. The Hall–Kier alpha value is -2.86. The van der Waals surface area contributed by atoms with Gasteiger partial charge in [-0.1, -0.05) is 0 Å². The minimum atomic E-state index is 0.673. The van der Waals surface area contributed by atoms with Crippen LogP contribution < -0.4 is 10.6 Å². The van der Waals surface area contributed by atoms with Crippen molar-refractivity contribution in [1.29, 1.82) is 0 Å². The van der Waals surface area contributed by atoms with E-state index < -0.39 is 0 Å². The molecule has 0 atom stereocenters. The molecule has 0 amide bonds. The SMILES string of the molecule is c1cncc(-c2cc(NCC3CCNCC3)nc(-c3cccnc3)n2)c1. The number of rotatable bonds is 5. The predicted molar refractivity (Wildman–Crippen MR) is 103 cm³/mol. The Morgan fingerprint density at radius 3 is 2.38 bits per heavy atom. The van der Waals surface area contributed by atoms with Crippen LogP contribution in [0.2, 0.25) is 0 Å². The summed E-state index contributed by atoms with van der Waals surface area (Å²) in [7, 11) is 0. The summed E-state index contributed by atoms with van der Waals surface area (Å²) >= 11 is 0. The van der Waals surface area contributed by atoms with E-state index in [4.69, 9.17) is 9.97 Å². The summed E-state index contributed by atoms with van der Waals surface area (Å²) in [5.74, 6) is 2.19. The van der Waals surface area contributed by atoms with Crippen molar-refractivity contribution in [3.8, 4) is 22.6 Å². The molecule has 0 aromatic carbocycles. The fourth-order valence-corrected chi connectivity index (χ4v) is 3.16. The van der Waals surface area contributed by atoms with Crippen molar-refractivity contribution >= 4 is 5.82 Å². The third kappa shape index (κ3) is 4.03. The number of nitrogens with zero attached hydrogens (tertiary/aromatic N) is 4. The first-order valence-electron chi connectivity index (χ1n) is 9.03. The average Bonchev–Trinajstić information content (AvgIpc) is 2.74. The zero-order valence-corrected chi connectivity index (χ0v) is 14.6. The Morgan fingerprint density at radius 1 is 0.962 bits per heavy atom. The Morgan fingerprint density at radius 2 is 1.69 bits per heavy atom. The fraction of sp³-hybridized carbons (Fsp3) is 0.300. The predicted octanol–water partition coefficient (Wildman–Crippen LogP) is 3.01. The zero-order valence-electron chi connectivity index (χ0n) is 14.6. The molecule has 0 aliphatic carbocycles. The molecule has 4 heterocycles. The summed E-state index contributed by atoms with van der Waals surface area (Å²) in [6.45, 7) is 3.12. The largest absolute Gasteiger partial charge is 0.370 e. The quantitative estimate of drug-likeness (QED) is 0.740. The first kappa shape index (κ1) is 16.6. The van der Waals surface area contributed by atoms with Gasteiger partial charge in [-0.15, -0.1) is 0 Å². The fourth-order valence-electron chi connectivity index (χ4n) is 3.16. The number of anilines is 1. The summed E-state index contributed by atoms with van der Waals surface area (Å²) in [6, 6.07) is 9.81. The molecule has 3 aromatic heterocycles. The molecule has 0 radical (unpaired) electrons. The summed E-state index contributed by atoms with van der Waals surface area (Å²) in [5.41, 5.74) is 2.74. The highest BCUT2D eigenvalue weighted by atomic mass is 15.0. The third-order valence-electron chi connectivity index (χ3n) is 4.63. The minimum absolute atomic E-state index is 0.673. The second-order valence-electron chi connectivity index (χ2n) is 6.52. The van der Waals surface area contributed by atoms with Gasteiger partial charge in [-0.2, -0.15) is 0 Å². The van der Waals surface area contributed by atoms with Crippen LogP contribution >= 0.6 is 0 Å². The molecule has 1 saturated heterocycles. The van der Waals surface area contributed by atoms with Crippen molar-refractivity contribution < 1.29 is 0 Å². The van der Waals surface area contributed by atoms with Crippen LogP contribution in [0.4, 0.5) is 5.82 Å². The van der Waals surface area contributed by atoms with Gasteiger partial charge in [-0.25, -0.2) is 9.97 Å². The highest BCUT2D eigenvalue weighted by Crippen LogP contribution is 2.24. The number of nitrogens with one attached hydrogen (secondary N) is 2. The first-order chi connectivity index (χ1) is 12.9. The molecule has 132 valence electrons. The Kier molecular flexibility index (Phi) is 5.12. The Labute approximate surface area is 153 Å². The molecule has 26 heavy (non-hydrogen) atoms. The van der Waals surface area contributed by atoms with E-state index in [0.29, 0.717) is 11.7 Å². The van der Waals surface area contributed by atoms with Gasteiger partial charge < -0.3 is 10.6 Å². The molecule has 0 spiro atoms. The van der Waals surface area contributed by atoms with E-state index in [2.05, 4.69) is 20.6 Å². The van der Waals surface area contributed by atoms with E-state index in [-0.39, 0.29) is 0 Å². The van der Waals surface area contributed by atoms with Gasteiger partial charge >= 0.3 is 0 Å². The first-order valence-corrected chi connectivity index (χ1v) is 9.03. The molecular weight excluding hydrogens is 324 g/mol. The number of aromatic nitrogens is 4. The highest BCUT2D eigenvalue weighted by Gasteiger charge is 2.14. The van der Waals surface area contributed by atoms with Crippen LogP contribution in [0.15, 0.2) is 55.1 Å². The highest BCUT2D eigenvalue weighted by molar-refractivity contribution is 5.66. The molecule has 3 aromatic rings. The Balaban J connectivity index is 1.64. The standard InChI is InChI=1S/C20H22N6/c1-3-16(13-22-7-1)18-11-19(24-12-15-5-9-21-10-6-15)26-20(25-18)17-4-2-8-23-14-17/h1-4,7-8,11,13-15,21H,5-6,9-10,12H2,(H,24,25,26). The van der Waals surface area contributed by atoms with Crippen LogP contribution in [0.5, 0.6) is 0 Å². The van der Waals surface area contributed by atoms with Gasteiger partial charge in [-0.05, 0) is 56.1 Å². The second kappa shape index (κ2) is 8.01. The van der Waals surface area contributed by atoms with Gasteiger partial charge in [0.1, 0.15) is 5.82 Å². The van der Waals surface area contributed by atoms with Crippen molar-refractivity contribution in [2.24, 2.45) is 5.92 Å². The summed E-state index contributed by atoms with van der Waals surface area (Å²) < 4.78 is 0. The molecule has 6 nitrogen and oxygen atoms in total. The topological polar surface area (TPSA) is 75.6 Å². The van der Waals surface area contributed by atoms with Crippen molar-refractivity contribution in [3.05, 3.63) is 55.1 Å². The van der Waals surface area contributed by atoms with Gasteiger partial charge in [0.25, 0.3) is 0 Å². The van der Waals surface area contributed by atoms with Crippen molar-refractivity contribution in [1.82, 2.24) is 25.3 Å². The number of pyridine rings is 2. The summed E-state index contributed by atoms with van der Waals surface area (Å²) in [5, 5.41) is 6.92. The van der Waals surface area contributed by atoms with Gasteiger partial charge in [0, 0.05) is 48.5 Å². The number of hydrogen-bond acceptors (Lipinski definition) is 6. The monoisotopic (exact) mass is 346 g/mol. The molecule has 0 unspecified atom stereocenters. The normalized spacial score (nSPS) is 14.9. The van der Waals surface area contributed by atoms with Crippen LogP contribution in [0.1, 0.15) is 12.8 Å². The molecule has 1 aliphatic rings. The molecule has 0 bridgehead atoms. The third-order valence-corrected chi connectivity index (χ3v) is 4.63. The second-order valence-corrected chi connectivity index (χ2v) is 6.52. The van der Waals surface area contributed by atoms with Crippen molar-refractivity contribution in [2.75, 3.05) is 25.0 Å². The lowest BCUT2D eigenvalue weighted by Gasteiger charge is -2.23. The number of piperidine rings is 1. The summed E-state index contributed by atoms with van der Waals surface area (Å²) in [4.78, 5) is 17.8. The smallest absolute Gasteiger partial charge is 0.163 e. The van der Waals surface area contributed by atoms with E-state index in [9.17, 15) is 0 Å². The minimum Gasteiger partial charge on any atom is -0.370 e. The lowest BCUT2D eigenvalue weighted by Crippen LogP contribution is -2.31. The van der Waals surface area contributed by atoms with Gasteiger partial charge in [0.05, 0.1) is 5.69 Å². The van der Waals surface area contributed by atoms with E-state index in [1.54, 1.807) is 18.6 Å². The van der Waals surface area contributed by atoms with Crippen LogP contribution in [0.25, 0.3) is 22.6 Å². The Bertz CT molecular complexity index is 774. The van der Waals surface area contributed by atoms with Crippen molar-refractivity contribution in [2.45, 2.75) is 12.8 Å². The van der Waals surface area contributed by atoms with E-state index in [1.165, 1.54) is 12.8 Å². The summed E-state index contributed by atoms with van der Waals surface area (Å²) in [6.07, 6.45) is 9.53. The molecule has 4 rings (SSSR count). The van der Waals surface area contributed by atoms with E-state index >= 15 is 0 Å². The zero-order chi connectivity index (χ0) is 17.6. The number of hydrogen-bond donors (Lipinski definition) is 2. The molecule has 1 fully saturated rings. The van der Waals surface area contributed by atoms with Crippen LogP contribution in [0.3, 0.4) is 0 Å². The molecule has 0 saturated carbocycles. The maximum Gasteiger partial charge on any atom is 0.163 e. The van der Waals surface area contributed by atoms with Gasteiger partial charge in [0.2, 0.25) is 0 Å². The van der Waals surface area contributed by atoms with E-state index in [1.807, 2.05) is 36.5 Å². The van der Waals surface area contributed by atoms with E-state index in [0.717, 1.165) is 42.3 Å². The van der Waals surface area contributed by atoms with Gasteiger partial charge in [0.15, 0.2) is 5.82 Å². The van der Waals surface area contributed by atoms with Crippen molar-refractivity contribution in [3.63, 3.8) is 0 Å². The maximum atomic E-state index is 4.73. The molecule has 2 N–H and O–H groups in total. The molecule has 6 heteroatoms. The average molecular weight is 346 g/mol. The van der Waals surface area contributed by atoms with Crippen LogP contribution in [0, 0.1) is 5.92 Å². The lowest BCUT2D eigenvalue weighted by molar-refractivity contribution is 0.389. The van der Waals surface area contributed by atoms with Crippen LogP contribution in [-0.2, 0) is 0 Å².